The SMILES string of the molecule is Cc1ccc(-c2csc(NC(=O)c3ccc(CN4CCN(C)CC4)cc3)n2)cc1C#CS(C(C)C)(C(C)C)C(C)C. The third-order valence-electron chi connectivity index (χ3n) is 8.18. The lowest BCUT2D eigenvalue weighted by atomic mass is 10.0. The van der Waals surface area contributed by atoms with Crippen LogP contribution in [0.15, 0.2) is 47.8 Å². The van der Waals surface area contributed by atoms with E-state index in [4.69, 9.17) is 4.98 Å². The number of rotatable bonds is 8. The Bertz CT molecular complexity index is 1370. The highest BCUT2D eigenvalue weighted by Crippen LogP contribution is 2.59. The van der Waals surface area contributed by atoms with Gasteiger partial charge in [-0.15, -0.1) is 11.3 Å². The number of nitrogens with zero attached hydrogens (tertiary/aromatic N) is 3. The minimum Gasteiger partial charge on any atom is -0.304 e. The van der Waals surface area contributed by atoms with Gasteiger partial charge in [-0.25, -0.2) is 4.98 Å². The van der Waals surface area contributed by atoms with Crippen molar-refractivity contribution in [3.8, 4) is 22.4 Å². The van der Waals surface area contributed by atoms with Gasteiger partial charge in [-0.05, 0) is 64.3 Å². The third kappa shape index (κ3) is 7.42. The predicted octanol–water partition coefficient (Wildman–Crippen LogP) is 7.46. The van der Waals surface area contributed by atoms with E-state index in [1.54, 1.807) is 0 Å². The van der Waals surface area contributed by atoms with E-state index in [1.807, 2.05) is 17.5 Å². The second-order valence-electron chi connectivity index (χ2n) is 11.9. The third-order valence-corrected chi connectivity index (χ3v) is 14.1. The molecule has 1 N–H and O–H groups in total. The predicted molar refractivity (Wildman–Crippen MR) is 179 cm³/mol. The normalized spacial score (nSPS) is 15.3. The molecule has 2 heterocycles. The summed E-state index contributed by atoms with van der Waals surface area (Å²) in [4.78, 5) is 22.5. The van der Waals surface area contributed by atoms with Crippen molar-refractivity contribution < 1.29 is 4.79 Å². The zero-order valence-corrected chi connectivity index (χ0v) is 27.6. The van der Waals surface area contributed by atoms with E-state index in [2.05, 4.69) is 112 Å². The molecule has 1 aliphatic heterocycles. The lowest BCUT2D eigenvalue weighted by Gasteiger charge is -2.46. The fourth-order valence-corrected chi connectivity index (χ4v) is 10.7. The number of carbonyl (C=O) groups is 1. The van der Waals surface area contributed by atoms with Crippen LogP contribution < -0.4 is 5.32 Å². The number of amides is 1. The number of thiazole rings is 1. The summed E-state index contributed by atoms with van der Waals surface area (Å²) in [5.41, 5.74) is 5.97. The molecule has 2 aromatic carbocycles. The Kier molecular flexibility index (Phi) is 10.4. The van der Waals surface area contributed by atoms with Gasteiger partial charge in [0.2, 0.25) is 0 Å². The molecule has 0 bridgehead atoms. The fourth-order valence-electron chi connectivity index (χ4n) is 5.70. The summed E-state index contributed by atoms with van der Waals surface area (Å²) in [6.45, 7) is 21.3. The van der Waals surface area contributed by atoms with E-state index in [0.717, 1.165) is 49.5 Å². The molecule has 0 atom stereocenters. The number of aryl methyl sites for hydroxylation is 1. The first kappa shape index (κ1) is 31.3. The molecule has 1 amide bonds. The highest BCUT2D eigenvalue weighted by atomic mass is 32.3. The van der Waals surface area contributed by atoms with Gasteiger partial charge in [-0.3, -0.25) is 15.0 Å². The molecule has 0 radical (unpaired) electrons. The zero-order valence-electron chi connectivity index (χ0n) is 26.0. The summed E-state index contributed by atoms with van der Waals surface area (Å²) < 4.78 is 0. The summed E-state index contributed by atoms with van der Waals surface area (Å²) in [6, 6.07) is 14.3. The van der Waals surface area contributed by atoms with Gasteiger partial charge < -0.3 is 4.90 Å². The molecule has 0 spiro atoms. The van der Waals surface area contributed by atoms with Crippen LogP contribution in [0.3, 0.4) is 0 Å². The monoisotopic (exact) mass is 590 g/mol. The molecular formula is C34H46N4OS2. The van der Waals surface area contributed by atoms with Crippen LogP contribution in [0.4, 0.5) is 5.13 Å². The minimum atomic E-state index is -1.11. The maximum atomic E-state index is 13.0. The van der Waals surface area contributed by atoms with Crippen molar-refractivity contribution >= 4 is 32.4 Å². The minimum absolute atomic E-state index is 0.136. The molecule has 5 nitrogen and oxygen atoms in total. The average Bonchev–Trinajstić information content (AvgIpc) is 3.39. The Morgan fingerprint density at radius 2 is 1.61 bits per heavy atom. The Labute approximate surface area is 253 Å². The molecule has 4 rings (SSSR count). The molecule has 3 aromatic rings. The average molecular weight is 591 g/mol. The molecule has 0 aliphatic carbocycles. The van der Waals surface area contributed by atoms with Crippen LogP contribution in [0.2, 0.25) is 0 Å². The van der Waals surface area contributed by atoms with E-state index < -0.39 is 10.0 Å². The van der Waals surface area contributed by atoms with E-state index in [1.165, 1.54) is 22.5 Å². The number of aromatic nitrogens is 1. The molecule has 1 fully saturated rings. The van der Waals surface area contributed by atoms with Crippen LogP contribution >= 0.6 is 21.4 Å². The van der Waals surface area contributed by atoms with E-state index in [-0.39, 0.29) is 5.91 Å². The van der Waals surface area contributed by atoms with E-state index >= 15 is 0 Å². The summed E-state index contributed by atoms with van der Waals surface area (Å²) >= 11 is 1.45. The Morgan fingerprint density at radius 1 is 0.976 bits per heavy atom. The van der Waals surface area contributed by atoms with Crippen LogP contribution in [0.1, 0.15) is 68.6 Å². The summed E-state index contributed by atoms with van der Waals surface area (Å²) in [6.07, 6.45) is 0. The second kappa shape index (κ2) is 13.6. The van der Waals surface area contributed by atoms with Crippen LogP contribution in [0, 0.1) is 18.1 Å². The molecule has 7 heteroatoms. The maximum absolute atomic E-state index is 13.0. The van der Waals surface area contributed by atoms with Gasteiger partial charge in [-0.2, -0.15) is 10.0 Å². The Morgan fingerprint density at radius 3 is 2.22 bits per heavy atom. The number of piperazine rings is 1. The van der Waals surface area contributed by atoms with Crippen molar-refractivity contribution in [1.29, 1.82) is 0 Å². The Hall–Kier alpha value is -2.63. The van der Waals surface area contributed by atoms with E-state index in [9.17, 15) is 4.79 Å². The van der Waals surface area contributed by atoms with Gasteiger partial charge in [0.25, 0.3) is 5.91 Å². The van der Waals surface area contributed by atoms with Gasteiger partial charge in [0.15, 0.2) is 5.13 Å². The molecule has 0 saturated carbocycles. The zero-order chi connectivity index (χ0) is 29.7. The highest BCUT2D eigenvalue weighted by molar-refractivity contribution is 8.38. The first-order chi connectivity index (χ1) is 19.5. The first-order valence-electron chi connectivity index (χ1n) is 14.7. The first-order valence-corrected chi connectivity index (χ1v) is 17.4. The number of hydrogen-bond acceptors (Lipinski definition) is 5. The van der Waals surface area contributed by atoms with Crippen molar-refractivity contribution in [2.75, 3.05) is 38.5 Å². The largest absolute Gasteiger partial charge is 0.304 e. The van der Waals surface area contributed by atoms with Crippen LogP contribution in [0.5, 0.6) is 0 Å². The molecule has 1 aromatic heterocycles. The quantitative estimate of drug-likeness (QED) is 0.277. The molecule has 1 saturated heterocycles. The molecule has 1 aliphatic rings. The second-order valence-corrected chi connectivity index (χ2v) is 17.3. The lowest BCUT2D eigenvalue weighted by molar-refractivity contribution is 0.102. The van der Waals surface area contributed by atoms with Crippen molar-refractivity contribution in [1.82, 2.24) is 14.8 Å². The van der Waals surface area contributed by atoms with Crippen LogP contribution in [-0.4, -0.2) is 69.7 Å². The maximum Gasteiger partial charge on any atom is 0.257 e. The molecule has 41 heavy (non-hydrogen) atoms. The standard InChI is InChI=1S/C34H46N4OS2/c1-24(2)41(25(3)4,26(5)6)20-15-30-21-31(12-9-27(30)7)32-23-40-34(35-32)36-33(39)29-13-10-28(11-14-29)22-38-18-16-37(8)17-19-38/h9-14,21,23-26H,16-19,22H2,1-8H3,(H,35,36,39). The van der Waals surface area contributed by atoms with E-state index in [0.29, 0.717) is 26.4 Å². The van der Waals surface area contributed by atoms with Crippen molar-refractivity contribution in [2.24, 2.45) is 0 Å². The molecular weight excluding hydrogens is 545 g/mol. The summed E-state index contributed by atoms with van der Waals surface area (Å²) in [5, 5.41) is 11.0. The van der Waals surface area contributed by atoms with Crippen molar-refractivity contribution in [3.05, 3.63) is 70.1 Å². The fraction of sp³-hybridized carbons (Fsp3) is 0.471. The molecule has 220 valence electrons. The number of benzene rings is 2. The number of carbonyl (C=O) groups excluding carboxylic acids is 1. The molecule has 0 unspecified atom stereocenters. The highest BCUT2D eigenvalue weighted by Gasteiger charge is 2.33. The number of anilines is 1. The van der Waals surface area contributed by atoms with Gasteiger partial charge in [0.1, 0.15) is 0 Å². The summed E-state index contributed by atoms with van der Waals surface area (Å²) in [7, 11) is 1.06. The number of hydrogen-bond donors (Lipinski definition) is 1. The van der Waals surface area contributed by atoms with Crippen LogP contribution in [-0.2, 0) is 6.54 Å². The van der Waals surface area contributed by atoms with Gasteiger partial charge in [0, 0.05) is 54.8 Å². The number of likely N-dealkylation sites (N-methyl/N-ethyl adjacent to an activating group) is 1. The van der Waals surface area contributed by atoms with Gasteiger partial charge in [-0.1, -0.05) is 71.7 Å². The summed E-state index contributed by atoms with van der Waals surface area (Å²) in [5.74, 6) is 3.45. The Balaban J connectivity index is 1.45. The van der Waals surface area contributed by atoms with Crippen molar-refractivity contribution in [3.63, 3.8) is 0 Å². The van der Waals surface area contributed by atoms with Gasteiger partial charge in [0.05, 0.1) is 5.69 Å². The smallest absolute Gasteiger partial charge is 0.257 e. The lowest BCUT2D eigenvalue weighted by Crippen LogP contribution is -2.43. The van der Waals surface area contributed by atoms with Gasteiger partial charge >= 0.3 is 0 Å². The van der Waals surface area contributed by atoms with Crippen molar-refractivity contribution in [2.45, 2.75) is 70.8 Å². The van der Waals surface area contributed by atoms with Crippen LogP contribution in [0.25, 0.3) is 11.3 Å². The number of nitrogens with one attached hydrogen (secondary N) is 1. The topological polar surface area (TPSA) is 48.5 Å².